The van der Waals surface area contributed by atoms with Crippen molar-refractivity contribution in [1.29, 1.82) is 0 Å². The van der Waals surface area contributed by atoms with Crippen LogP contribution in [0.25, 0.3) is 0 Å². The van der Waals surface area contributed by atoms with Crippen LogP contribution in [0.3, 0.4) is 0 Å². The fourth-order valence-electron chi connectivity index (χ4n) is 1.31. The van der Waals surface area contributed by atoms with Crippen LogP contribution in [0.4, 0.5) is 17.6 Å². The molecule has 0 aromatic heterocycles. The van der Waals surface area contributed by atoms with E-state index in [2.05, 4.69) is 0 Å². The number of hydrogen-bond donors (Lipinski definition) is 0. The van der Waals surface area contributed by atoms with Gasteiger partial charge < -0.3 is 4.74 Å². The second kappa shape index (κ2) is 5.49. The Balaban J connectivity index is 2.99. The van der Waals surface area contributed by atoms with Crippen molar-refractivity contribution in [2.75, 3.05) is 6.61 Å². The molecular formula is C12H14F4O. The van der Waals surface area contributed by atoms with Gasteiger partial charge in [0, 0.05) is 12.2 Å². The summed E-state index contributed by atoms with van der Waals surface area (Å²) >= 11 is 0. The first kappa shape index (κ1) is 14.0. The van der Waals surface area contributed by atoms with Crippen LogP contribution >= 0.6 is 0 Å². The largest absolute Gasteiger partial charge is 0.376 e. The van der Waals surface area contributed by atoms with Crippen LogP contribution in [0, 0.1) is 36.1 Å². The summed E-state index contributed by atoms with van der Waals surface area (Å²) in [6.45, 7) is 4.46. The van der Waals surface area contributed by atoms with Crippen molar-refractivity contribution in [2.45, 2.75) is 27.4 Å². The average molecular weight is 250 g/mol. The van der Waals surface area contributed by atoms with E-state index in [4.69, 9.17) is 4.74 Å². The first-order chi connectivity index (χ1) is 7.86. The molecular weight excluding hydrogens is 236 g/mol. The Bertz CT molecular complexity index is 386. The van der Waals surface area contributed by atoms with Crippen molar-refractivity contribution < 1.29 is 22.3 Å². The van der Waals surface area contributed by atoms with E-state index in [9.17, 15) is 17.6 Å². The first-order valence-corrected chi connectivity index (χ1v) is 5.25. The van der Waals surface area contributed by atoms with Crippen molar-refractivity contribution in [1.82, 2.24) is 0 Å². The lowest BCUT2D eigenvalue weighted by Gasteiger charge is -2.11. The smallest absolute Gasteiger partial charge is 0.167 e. The molecule has 0 radical (unpaired) electrons. The molecule has 1 nitrogen and oxygen atoms in total. The first-order valence-electron chi connectivity index (χ1n) is 5.25. The standard InChI is InChI=1S/C12H14F4O/c1-6(2)4-17-5-8-11(15)9(13)7(3)10(14)12(8)16/h6H,4-5H2,1-3H3. The van der Waals surface area contributed by atoms with Crippen LogP contribution in [0.5, 0.6) is 0 Å². The van der Waals surface area contributed by atoms with Crippen molar-refractivity contribution in [2.24, 2.45) is 5.92 Å². The topological polar surface area (TPSA) is 9.23 Å². The molecule has 0 bridgehead atoms. The van der Waals surface area contributed by atoms with Gasteiger partial charge in [-0.25, -0.2) is 17.6 Å². The van der Waals surface area contributed by atoms with Gasteiger partial charge in [-0.1, -0.05) is 13.8 Å². The second-order valence-corrected chi connectivity index (χ2v) is 4.27. The van der Waals surface area contributed by atoms with Crippen molar-refractivity contribution in [3.05, 3.63) is 34.4 Å². The van der Waals surface area contributed by atoms with Gasteiger partial charge in [0.15, 0.2) is 23.3 Å². The second-order valence-electron chi connectivity index (χ2n) is 4.27. The highest BCUT2D eigenvalue weighted by molar-refractivity contribution is 5.28. The highest BCUT2D eigenvalue weighted by Crippen LogP contribution is 2.24. The normalized spacial score (nSPS) is 11.3. The van der Waals surface area contributed by atoms with Gasteiger partial charge in [0.1, 0.15) is 0 Å². The number of halogens is 4. The molecule has 0 heterocycles. The summed E-state index contributed by atoms with van der Waals surface area (Å²) in [6.07, 6.45) is 0. The average Bonchev–Trinajstić information content (AvgIpc) is 2.28. The van der Waals surface area contributed by atoms with E-state index < -0.39 is 41.0 Å². The van der Waals surface area contributed by atoms with E-state index in [1.165, 1.54) is 0 Å². The quantitative estimate of drug-likeness (QED) is 0.584. The number of benzene rings is 1. The Hall–Kier alpha value is -1.10. The predicted molar refractivity (Wildman–Crippen MR) is 55.5 cm³/mol. The molecule has 0 aliphatic rings. The van der Waals surface area contributed by atoms with Gasteiger partial charge in [0.2, 0.25) is 0 Å². The molecule has 1 aromatic rings. The summed E-state index contributed by atoms with van der Waals surface area (Å²) in [5, 5.41) is 0. The third-order valence-electron chi connectivity index (χ3n) is 2.27. The Morgan fingerprint density at radius 2 is 1.41 bits per heavy atom. The monoisotopic (exact) mass is 250 g/mol. The van der Waals surface area contributed by atoms with E-state index in [0.717, 1.165) is 6.92 Å². The molecule has 0 spiro atoms. The van der Waals surface area contributed by atoms with E-state index in [1.807, 2.05) is 13.8 Å². The van der Waals surface area contributed by atoms with Crippen molar-refractivity contribution in [3.63, 3.8) is 0 Å². The molecule has 0 fully saturated rings. The molecule has 0 aliphatic carbocycles. The molecule has 0 saturated heterocycles. The third-order valence-corrected chi connectivity index (χ3v) is 2.27. The van der Waals surface area contributed by atoms with Gasteiger partial charge in [-0.2, -0.15) is 0 Å². The maximum absolute atomic E-state index is 13.4. The highest BCUT2D eigenvalue weighted by Gasteiger charge is 2.22. The minimum atomic E-state index is -1.38. The summed E-state index contributed by atoms with van der Waals surface area (Å²) in [5.74, 6) is -5.34. The molecule has 5 heteroatoms. The molecule has 0 aliphatic heterocycles. The Labute approximate surface area is 97.4 Å². The van der Waals surface area contributed by atoms with Crippen LogP contribution in [0.2, 0.25) is 0 Å². The third kappa shape index (κ3) is 2.97. The fourth-order valence-corrected chi connectivity index (χ4v) is 1.31. The summed E-state index contributed by atoms with van der Waals surface area (Å²) in [7, 11) is 0. The van der Waals surface area contributed by atoms with Gasteiger partial charge in [-0.3, -0.25) is 0 Å². The van der Waals surface area contributed by atoms with E-state index >= 15 is 0 Å². The lowest BCUT2D eigenvalue weighted by molar-refractivity contribution is 0.0917. The fraction of sp³-hybridized carbons (Fsp3) is 0.500. The van der Waals surface area contributed by atoms with Crippen LogP contribution in [-0.2, 0) is 11.3 Å². The van der Waals surface area contributed by atoms with Crippen LogP contribution in [0.15, 0.2) is 0 Å². The molecule has 17 heavy (non-hydrogen) atoms. The number of ether oxygens (including phenoxy) is 1. The van der Waals surface area contributed by atoms with Crippen LogP contribution in [0.1, 0.15) is 25.0 Å². The van der Waals surface area contributed by atoms with Gasteiger partial charge in [-0.15, -0.1) is 0 Å². The molecule has 96 valence electrons. The molecule has 0 unspecified atom stereocenters. The zero-order chi connectivity index (χ0) is 13.2. The van der Waals surface area contributed by atoms with E-state index in [1.54, 1.807) is 0 Å². The highest BCUT2D eigenvalue weighted by atomic mass is 19.2. The van der Waals surface area contributed by atoms with Gasteiger partial charge >= 0.3 is 0 Å². The molecule has 1 rings (SSSR count). The molecule has 0 amide bonds. The maximum atomic E-state index is 13.4. The molecule has 0 N–H and O–H groups in total. The Morgan fingerprint density at radius 1 is 0.941 bits per heavy atom. The number of hydrogen-bond acceptors (Lipinski definition) is 1. The SMILES string of the molecule is Cc1c(F)c(F)c(COCC(C)C)c(F)c1F. The summed E-state index contributed by atoms with van der Waals surface area (Å²) in [5.41, 5.74) is -1.36. The zero-order valence-electron chi connectivity index (χ0n) is 9.91. The van der Waals surface area contributed by atoms with Crippen LogP contribution < -0.4 is 0 Å². The Morgan fingerprint density at radius 3 is 1.82 bits per heavy atom. The van der Waals surface area contributed by atoms with E-state index in [0.29, 0.717) is 0 Å². The van der Waals surface area contributed by atoms with Gasteiger partial charge in [-0.05, 0) is 12.8 Å². The van der Waals surface area contributed by atoms with Crippen molar-refractivity contribution in [3.8, 4) is 0 Å². The summed E-state index contributed by atoms with van der Waals surface area (Å²) in [4.78, 5) is 0. The lowest BCUT2D eigenvalue weighted by Crippen LogP contribution is -2.09. The van der Waals surface area contributed by atoms with Gasteiger partial charge in [0.25, 0.3) is 0 Å². The van der Waals surface area contributed by atoms with Crippen LogP contribution in [-0.4, -0.2) is 6.61 Å². The van der Waals surface area contributed by atoms with E-state index in [-0.39, 0.29) is 12.5 Å². The van der Waals surface area contributed by atoms with Gasteiger partial charge in [0.05, 0.1) is 12.2 Å². The molecule has 0 atom stereocenters. The Kier molecular flexibility index (Phi) is 4.51. The molecule has 1 aromatic carbocycles. The number of rotatable bonds is 4. The summed E-state index contributed by atoms with van der Waals surface area (Å²) in [6, 6.07) is 0. The minimum absolute atomic E-state index is 0.168. The minimum Gasteiger partial charge on any atom is -0.376 e. The molecule has 0 saturated carbocycles. The lowest BCUT2D eigenvalue weighted by atomic mass is 10.1. The summed E-state index contributed by atoms with van der Waals surface area (Å²) < 4.78 is 58.1. The van der Waals surface area contributed by atoms with Crippen molar-refractivity contribution >= 4 is 0 Å². The maximum Gasteiger partial charge on any atom is 0.167 e. The predicted octanol–water partition coefficient (Wildman–Crippen LogP) is 3.72. The zero-order valence-corrected chi connectivity index (χ0v) is 9.91.